The summed E-state index contributed by atoms with van der Waals surface area (Å²) in [7, 11) is -3.58. The fraction of sp³-hybridized carbons (Fsp3) is 0.357. The lowest BCUT2D eigenvalue weighted by molar-refractivity contribution is 0.195. The van der Waals surface area contributed by atoms with E-state index in [1.165, 1.54) is 0 Å². The van der Waals surface area contributed by atoms with Crippen LogP contribution in [0.2, 0.25) is 5.02 Å². The van der Waals surface area contributed by atoms with Crippen molar-refractivity contribution in [1.29, 1.82) is 0 Å². The molecule has 128 valence electrons. The maximum atomic E-state index is 12.5. The summed E-state index contributed by atoms with van der Waals surface area (Å²) in [6.07, 6.45) is 2.36. The van der Waals surface area contributed by atoms with Crippen LogP contribution in [0.25, 0.3) is 0 Å². The standard InChI is InChI=1S/C14H15ClN4O4S/c1-24(21,22)14-18-17-12(23-14)11-6-3-7-19(11)13(20)16-10-5-2-4-9(15)8-10/h2,4-5,8,11H,3,6-7H2,1H3,(H,16,20)/t11-/m0/s1. The molecule has 1 N–H and O–H groups in total. The molecule has 1 aromatic heterocycles. The van der Waals surface area contributed by atoms with Gasteiger partial charge in [0.05, 0.1) is 0 Å². The molecule has 1 atom stereocenters. The van der Waals surface area contributed by atoms with E-state index in [2.05, 4.69) is 15.5 Å². The molecular weight excluding hydrogens is 356 g/mol. The largest absolute Gasteiger partial charge is 0.410 e. The second-order valence-corrected chi connectivity index (χ2v) is 7.80. The van der Waals surface area contributed by atoms with Gasteiger partial charge >= 0.3 is 11.3 Å². The first-order valence-corrected chi connectivity index (χ1v) is 9.48. The van der Waals surface area contributed by atoms with E-state index < -0.39 is 21.1 Å². The topological polar surface area (TPSA) is 105 Å². The zero-order valence-corrected chi connectivity index (χ0v) is 14.3. The van der Waals surface area contributed by atoms with Crippen LogP contribution in [0.4, 0.5) is 10.5 Å². The molecule has 0 saturated carbocycles. The second-order valence-electron chi connectivity index (χ2n) is 5.47. The predicted octanol–water partition coefficient (Wildman–Crippen LogP) is 2.50. The molecule has 1 aromatic carbocycles. The maximum absolute atomic E-state index is 12.5. The van der Waals surface area contributed by atoms with Crippen LogP contribution in [0.3, 0.4) is 0 Å². The highest BCUT2D eigenvalue weighted by molar-refractivity contribution is 7.90. The molecule has 0 spiro atoms. The molecule has 2 aromatic rings. The van der Waals surface area contributed by atoms with Crippen molar-refractivity contribution in [2.45, 2.75) is 24.1 Å². The Morgan fingerprint density at radius 1 is 1.42 bits per heavy atom. The zero-order chi connectivity index (χ0) is 17.3. The fourth-order valence-corrected chi connectivity index (χ4v) is 3.15. The van der Waals surface area contributed by atoms with E-state index in [1.54, 1.807) is 29.2 Å². The van der Waals surface area contributed by atoms with Crippen molar-refractivity contribution < 1.29 is 17.6 Å². The van der Waals surface area contributed by atoms with Gasteiger partial charge in [-0.15, -0.1) is 5.10 Å². The predicted molar refractivity (Wildman–Crippen MR) is 86.6 cm³/mol. The molecule has 0 bridgehead atoms. The fourth-order valence-electron chi connectivity index (χ4n) is 2.53. The third-order valence-electron chi connectivity index (χ3n) is 3.61. The summed E-state index contributed by atoms with van der Waals surface area (Å²) in [5, 5.41) is 10.1. The van der Waals surface area contributed by atoms with Crippen LogP contribution in [0.1, 0.15) is 24.8 Å². The number of benzene rings is 1. The Morgan fingerprint density at radius 2 is 2.21 bits per heavy atom. The molecule has 10 heteroatoms. The Balaban J connectivity index is 1.77. The molecule has 1 aliphatic heterocycles. The van der Waals surface area contributed by atoms with Gasteiger partial charge in [-0.1, -0.05) is 22.8 Å². The van der Waals surface area contributed by atoms with Gasteiger partial charge in [0.2, 0.25) is 15.7 Å². The second kappa shape index (κ2) is 6.40. The number of rotatable bonds is 3. The molecule has 3 rings (SSSR count). The van der Waals surface area contributed by atoms with Crippen molar-refractivity contribution in [3.05, 3.63) is 35.2 Å². The van der Waals surface area contributed by atoms with Crippen molar-refractivity contribution in [3.8, 4) is 0 Å². The van der Waals surface area contributed by atoms with E-state index >= 15 is 0 Å². The Morgan fingerprint density at radius 3 is 2.88 bits per heavy atom. The molecule has 1 saturated heterocycles. The number of amides is 2. The van der Waals surface area contributed by atoms with Gasteiger partial charge in [-0.3, -0.25) is 0 Å². The van der Waals surface area contributed by atoms with Crippen molar-refractivity contribution >= 4 is 33.2 Å². The van der Waals surface area contributed by atoms with Gasteiger partial charge in [-0.2, -0.15) is 0 Å². The van der Waals surface area contributed by atoms with Crippen molar-refractivity contribution in [3.63, 3.8) is 0 Å². The number of hydrogen-bond donors (Lipinski definition) is 1. The molecule has 1 aliphatic rings. The lowest BCUT2D eigenvalue weighted by atomic mass is 10.2. The van der Waals surface area contributed by atoms with Crippen molar-refractivity contribution in [2.75, 3.05) is 18.1 Å². The average Bonchev–Trinajstić information content (AvgIpc) is 3.15. The van der Waals surface area contributed by atoms with Gasteiger partial charge in [0.15, 0.2) is 0 Å². The lowest BCUT2D eigenvalue weighted by Gasteiger charge is -2.22. The smallest absolute Gasteiger partial charge is 0.335 e. The van der Waals surface area contributed by atoms with E-state index in [4.69, 9.17) is 16.0 Å². The molecule has 0 unspecified atom stereocenters. The zero-order valence-electron chi connectivity index (χ0n) is 12.8. The summed E-state index contributed by atoms with van der Waals surface area (Å²) in [6.45, 7) is 0.508. The van der Waals surface area contributed by atoms with E-state index in [1.807, 2.05) is 0 Å². The van der Waals surface area contributed by atoms with E-state index in [0.717, 1.165) is 12.7 Å². The van der Waals surface area contributed by atoms with Crippen LogP contribution in [-0.4, -0.2) is 42.3 Å². The van der Waals surface area contributed by atoms with Crippen LogP contribution in [0.5, 0.6) is 0 Å². The maximum Gasteiger partial charge on any atom is 0.335 e. The number of halogens is 1. The first kappa shape index (κ1) is 16.7. The summed E-state index contributed by atoms with van der Waals surface area (Å²) in [5.74, 6) is 0.120. The summed E-state index contributed by atoms with van der Waals surface area (Å²) in [4.78, 5) is 14.0. The number of sulfone groups is 1. The summed E-state index contributed by atoms with van der Waals surface area (Å²) in [5.41, 5.74) is 0.570. The number of nitrogens with zero attached hydrogens (tertiary/aromatic N) is 3. The monoisotopic (exact) mass is 370 g/mol. The third-order valence-corrected chi connectivity index (χ3v) is 4.65. The molecule has 1 fully saturated rings. The van der Waals surface area contributed by atoms with E-state index in [9.17, 15) is 13.2 Å². The molecule has 24 heavy (non-hydrogen) atoms. The molecular formula is C14H15ClN4O4S. The minimum Gasteiger partial charge on any atom is -0.410 e. The van der Waals surface area contributed by atoms with Gasteiger partial charge in [0, 0.05) is 23.5 Å². The number of nitrogens with one attached hydrogen (secondary N) is 1. The van der Waals surface area contributed by atoms with Crippen LogP contribution >= 0.6 is 11.6 Å². The minimum atomic E-state index is -3.58. The van der Waals surface area contributed by atoms with Gasteiger partial charge in [0.1, 0.15) is 6.04 Å². The Kier molecular flexibility index (Phi) is 4.46. The first-order chi connectivity index (χ1) is 11.3. The Bertz CT molecular complexity index is 867. The number of likely N-dealkylation sites (tertiary alicyclic amines) is 1. The lowest BCUT2D eigenvalue weighted by Crippen LogP contribution is -2.34. The number of hydrogen-bond acceptors (Lipinski definition) is 6. The normalized spacial score (nSPS) is 17.9. The highest BCUT2D eigenvalue weighted by Crippen LogP contribution is 2.32. The minimum absolute atomic E-state index is 0.120. The SMILES string of the molecule is CS(=O)(=O)c1nnc([C@@H]2CCCN2C(=O)Nc2cccc(Cl)c2)o1. The Hall–Kier alpha value is -2.13. The average molecular weight is 371 g/mol. The first-order valence-electron chi connectivity index (χ1n) is 7.21. The number of aromatic nitrogens is 2. The summed E-state index contributed by atoms with van der Waals surface area (Å²) < 4.78 is 28.1. The number of urea groups is 1. The van der Waals surface area contributed by atoms with Crippen molar-refractivity contribution in [1.82, 2.24) is 15.1 Å². The highest BCUT2D eigenvalue weighted by atomic mass is 35.5. The van der Waals surface area contributed by atoms with Gasteiger partial charge < -0.3 is 14.6 Å². The number of carbonyl (C=O) groups excluding carboxylic acids is 1. The van der Waals surface area contributed by atoms with E-state index in [-0.39, 0.29) is 11.9 Å². The number of carbonyl (C=O) groups is 1. The molecule has 8 nitrogen and oxygen atoms in total. The molecule has 2 amide bonds. The van der Waals surface area contributed by atoms with Crippen LogP contribution in [0, 0.1) is 0 Å². The van der Waals surface area contributed by atoms with E-state index in [0.29, 0.717) is 23.7 Å². The van der Waals surface area contributed by atoms with Crippen LogP contribution in [0.15, 0.2) is 33.9 Å². The summed E-state index contributed by atoms with van der Waals surface area (Å²) >= 11 is 5.90. The number of anilines is 1. The summed E-state index contributed by atoms with van der Waals surface area (Å²) in [6, 6.07) is 6.02. The van der Waals surface area contributed by atoms with Crippen LogP contribution in [-0.2, 0) is 9.84 Å². The van der Waals surface area contributed by atoms with Gasteiger partial charge in [-0.05, 0) is 31.0 Å². The molecule has 0 aliphatic carbocycles. The van der Waals surface area contributed by atoms with Gasteiger partial charge in [0.25, 0.3) is 0 Å². The Labute approximate surface area is 143 Å². The third kappa shape index (κ3) is 3.51. The quantitative estimate of drug-likeness (QED) is 0.889. The van der Waals surface area contributed by atoms with Gasteiger partial charge in [-0.25, -0.2) is 13.2 Å². The highest BCUT2D eigenvalue weighted by Gasteiger charge is 2.34. The molecule has 2 heterocycles. The molecule has 0 radical (unpaired) electrons. The van der Waals surface area contributed by atoms with Crippen LogP contribution < -0.4 is 5.32 Å². The van der Waals surface area contributed by atoms with Crippen molar-refractivity contribution in [2.24, 2.45) is 0 Å².